The first-order valence-corrected chi connectivity index (χ1v) is 14.4. The van der Waals surface area contributed by atoms with Crippen LogP contribution in [0.5, 0.6) is 0 Å². The van der Waals surface area contributed by atoms with Crippen molar-refractivity contribution < 1.29 is 19.2 Å². The van der Waals surface area contributed by atoms with Crippen molar-refractivity contribution in [2.75, 3.05) is 42.5 Å². The highest BCUT2D eigenvalue weighted by Crippen LogP contribution is 2.45. The lowest BCUT2D eigenvalue weighted by Crippen LogP contribution is -2.47. The number of nitro benzene ring substituents is 1. The van der Waals surface area contributed by atoms with Crippen LogP contribution in [0.4, 0.5) is 17.1 Å². The highest BCUT2D eigenvalue weighted by Gasteiger charge is 2.44. The first-order chi connectivity index (χ1) is 19.2. The van der Waals surface area contributed by atoms with Crippen LogP contribution in [-0.4, -0.2) is 54.7 Å². The van der Waals surface area contributed by atoms with Crippen LogP contribution in [0.1, 0.15) is 61.0 Å². The Balaban J connectivity index is 1.18. The van der Waals surface area contributed by atoms with Crippen LogP contribution in [0.3, 0.4) is 0 Å². The Bertz CT molecular complexity index is 1350. The number of para-hydroxylation sites is 1. The molecule has 2 atom stereocenters. The number of anilines is 2. The number of piperazine rings is 1. The van der Waals surface area contributed by atoms with E-state index in [9.17, 15) is 14.9 Å². The molecule has 9 heteroatoms. The van der Waals surface area contributed by atoms with Gasteiger partial charge >= 0.3 is 0 Å². The Labute approximate surface area is 235 Å². The Morgan fingerprint density at radius 1 is 1.00 bits per heavy atom. The second-order valence-electron chi connectivity index (χ2n) is 12.1. The molecule has 2 aromatic carbocycles. The van der Waals surface area contributed by atoms with Crippen molar-refractivity contribution in [3.63, 3.8) is 0 Å². The minimum atomic E-state index is -0.408. The van der Waals surface area contributed by atoms with E-state index in [0.29, 0.717) is 43.2 Å². The van der Waals surface area contributed by atoms with Crippen LogP contribution in [0.2, 0.25) is 0 Å². The van der Waals surface area contributed by atoms with Gasteiger partial charge in [-0.1, -0.05) is 44.9 Å². The molecule has 1 unspecified atom stereocenters. The molecule has 0 radical (unpaired) electrons. The number of hydrogen-bond donors (Lipinski definition) is 0. The summed E-state index contributed by atoms with van der Waals surface area (Å²) in [7, 11) is 0. The fraction of sp³-hybridized carbons (Fsp3) is 0.516. The second kappa shape index (κ2) is 10.3. The number of carbonyl (C=O) groups is 1. The van der Waals surface area contributed by atoms with Crippen LogP contribution in [-0.2, 0) is 15.9 Å². The third-order valence-corrected chi connectivity index (χ3v) is 9.28. The summed E-state index contributed by atoms with van der Waals surface area (Å²) >= 11 is 0. The van der Waals surface area contributed by atoms with Crippen molar-refractivity contribution in [2.45, 2.75) is 59.2 Å². The lowest BCUT2D eigenvalue weighted by Gasteiger charge is -2.40. The summed E-state index contributed by atoms with van der Waals surface area (Å²) in [6, 6.07) is 11.6. The molecule has 212 valence electrons. The minimum absolute atomic E-state index is 0.0299. The molecule has 0 N–H and O–H groups in total. The molecule has 0 spiro atoms. The maximum absolute atomic E-state index is 13.6. The topological polar surface area (TPSA) is 88.4 Å². The number of nitrogens with zero attached hydrogens (tertiary/aromatic N) is 4. The fourth-order valence-electron chi connectivity index (χ4n) is 6.85. The van der Waals surface area contributed by atoms with E-state index in [1.807, 2.05) is 18.2 Å². The number of hydrogen-bond acceptors (Lipinski definition) is 7. The molecule has 4 aliphatic rings. The zero-order valence-corrected chi connectivity index (χ0v) is 23.6. The molecule has 1 aliphatic carbocycles. The predicted octanol–water partition coefficient (Wildman–Crippen LogP) is 5.62. The van der Waals surface area contributed by atoms with Gasteiger partial charge in [-0.2, -0.15) is 0 Å². The van der Waals surface area contributed by atoms with Crippen molar-refractivity contribution in [1.82, 2.24) is 4.90 Å². The first kappa shape index (κ1) is 26.5. The van der Waals surface area contributed by atoms with E-state index in [0.717, 1.165) is 37.9 Å². The molecule has 0 aromatic heterocycles. The molecule has 1 saturated carbocycles. The SMILES string of the molecule is Cc1ccccc1N1CCN(c2cc3c(cc2[N+](=O)[O-])C(=O)N(C2=COC([C@H]4CCCCC4(C)C)O2)CC3)CC1. The van der Waals surface area contributed by atoms with E-state index < -0.39 is 6.29 Å². The summed E-state index contributed by atoms with van der Waals surface area (Å²) in [4.78, 5) is 31.4. The Kier molecular flexibility index (Phi) is 6.84. The van der Waals surface area contributed by atoms with Crippen LogP contribution in [0, 0.1) is 28.4 Å². The molecule has 2 fully saturated rings. The smallest absolute Gasteiger partial charge is 0.293 e. The molecular formula is C31H38N4O5. The van der Waals surface area contributed by atoms with Gasteiger partial charge in [-0.25, -0.2) is 0 Å². The summed E-state index contributed by atoms with van der Waals surface area (Å²) in [6.07, 6.45) is 6.25. The number of carbonyl (C=O) groups excluding carboxylic acids is 1. The van der Waals surface area contributed by atoms with Crippen molar-refractivity contribution in [2.24, 2.45) is 11.3 Å². The summed E-state index contributed by atoms with van der Waals surface area (Å²) in [5, 5.41) is 12.2. The largest absolute Gasteiger partial charge is 0.457 e. The lowest BCUT2D eigenvalue weighted by atomic mass is 9.68. The molecule has 40 heavy (non-hydrogen) atoms. The summed E-state index contributed by atoms with van der Waals surface area (Å²) < 4.78 is 12.2. The number of amides is 1. The van der Waals surface area contributed by atoms with Crippen molar-refractivity contribution in [1.29, 1.82) is 0 Å². The molecule has 2 aromatic rings. The monoisotopic (exact) mass is 546 g/mol. The molecule has 1 amide bonds. The van der Waals surface area contributed by atoms with E-state index in [2.05, 4.69) is 42.7 Å². The van der Waals surface area contributed by atoms with Gasteiger partial charge in [0.25, 0.3) is 11.6 Å². The van der Waals surface area contributed by atoms with Crippen LogP contribution in [0.25, 0.3) is 0 Å². The predicted molar refractivity (Wildman–Crippen MR) is 153 cm³/mol. The Morgan fingerprint density at radius 3 is 2.42 bits per heavy atom. The van der Waals surface area contributed by atoms with Gasteiger partial charge in [-0.15, -0.1) is 0 Å². The number of fused-ring (bicyclic) bond motifs is 1. The van der Waals surface area contributed by atoms with E-state index in [-0.39, 0.29) is 27.9 Å². The van der Waals surface area contributed by atoms with Gasteiger partial charge in [-0.05, 0) is 54.9 Å². The van der Waals surface area contributed by atoms with Gasteiger partial charge in [0.2, 0.25) is 12.2 Å². The maximum atomic E-state index is 13.6. The molecule has 1 saturated heterocycles. The summed E-state index contributed by atoms with van der Waals surface area (Å²) in [5.74, 6) is 0.372. The lowest BCUT2D eigenvalue weighted by molar-refractivity contribution is -0.384. The highest BCUT2D eigenvalue weighted by molar-refractivity contribution is 5.99. The van der Waals surface area contributed by atoms with E-state index in [4.69, 9.17) is 9.47 Å². The number of rotatable bonds is 5. The average Bonchev–Trinajstić information content (AvgIpc) is 3.42. The van der Waals surface area contributed by atoms with E-state index in [1.54, 1.807) is 11.2 Å². The first-order valence-electron chi connectivity index (χ1n) is 14.4. The van der Waals surface area contributed by atoms with Gasteiger partial charge in [0.15, 0.2) is 0 Å². The van der Waals surface area contributed by atoms with Gasteiger partial charge in [-0.3, -0.25) is 19.8 Å². The van der Waals surface area contributed by atoms with Gasteiger partial charge in [0, 0.05) is 50.4 Å². The molecule has 3 aliphatic heterocycles. The van der Waals surface area contributed by atoms with E-state index >= 15 is 0 Å². The van der Waals surface area contributed by atoms with Crippen LogP contribution in [0.15, 0.2) is 48.5 Å². The van der Waals surface area contributed by atoms with Crippen molar-refractivity contribution >= 4 is 23.0 Å². The van der Waals surface area contributed by atoms with Gasteiger partial charge < -0.3 is 19.3 Å². The third kappa shape index (κ3) is 4.75. The maximum Gasteiger partial charge on any atom is 0.293 e. The Hall–Kier alpha value is -3.75. The minimum Gasteiger partial charge on any atom is -0.457 e. The molecular weight excluding hydrogens is 508 g/mol. The van der Waals surface area contributed by atoms with Crippen molar-refractivity contribution in [3.8, 4) is 0 Å². The highest BCUT2D eigenvalue weighted by atomic mass is 16.7. The Morgan fingerprint density at radius 2 is 1.73 bits per heavy atom. The summed E-state index contributed by atoms with van der Waals surface area (Å²) in [5.41, 5.74) is 4.30. The number of aryl methyl sites for hydroxylation is 1. The average molecular weight is 547 g/mol. The van der Waals surface area contributed by atoms with E-state index in [1.165, 1.54) is 23.7 Å². The second-order valence-corrected chi connectivity index (χ2v) is 12.1. The number of ether oxygens (including phenoxy) is 2. The zero-order valence-electron chi connectivity index (χ0n) is 23.6. The number of nitro groups is 1. The van der Waals surface area contributed by atoms with Crippen LogP contribution >= 0.6 is 0 Å². The summed E-state index contributed by atoms with van der Waals surface area (Å²) in [6.45, 7) is 9.95. The quantitative estimate of drug-likeness (QED) is 0.355. The molecule has 3 heterocycles. The van der Waals surface area contributed by atoms with Gasteiger partial charge in [0.1, 0.15) is 11.9 Å². The molecule has 6 rings (SSSR count). The van der Waals surface area contributed by atoms with Crippen LogP contribution < -0.4 is 9.80 Å². The standard InChI is InChI=1S/C31H38N4O5/c1-21-8-4-5-10-25(21)32-14-16-33(17-15-32)26-18-22-11-13-34(29(36)23(22)19-27(26)35(37)38)28-20-39-30(40-28)24-9-6-7-12-31(24,2)3/h4-5,8,10,18-20,24,30H,6-7,9,11-17H2,1-3H3/t24-,30?/m1/s1. The zero-order chi connectivity index (χ0) is 28.0. The third-order valence-electron chi connectivity index (χ3n) is 9.28. The number of benzene rings is 2. The van der Waals surface area contributed by atoms with Crippen molar-refractivity contribution in [3.05, 3.63) is 75.3 Å². The molecule has 0 bridgehead atoms. The van der Waals surface area contributed by atoms with Gasteiger partial charge in [0.05, 0.1) is 10.5 Å². The normalized spacial score (nSPS) is 24.2. The molecule has 9 nitrogen and oxygen atoms in total. The fourth-order valence-corrected chi connectivity index (χ4v) is 6.85.